The Morgan fingerprint density at radius 1 is 1.22 bits per heavy atom. The number of pyridine rings is 1. The molecule has 8 nitrogen and oxygen atoms in total. The number of carbonyl (C=O) groups excluding carboxylic acids is 1. The Morgan fingerprint density at radius 2 is 2.06 bits per heavy atom. The number of aromatic nitrogens is 3. The smallest absolute Gasteiger partial charge is 0.259 e. The zero-order valence-electron chi connectivity index (χ0n) is 16.8. The largest absolute Gasteiger partial charge is 0.383 e. The van der Waals surface area contributed by atoms with E-state index in [9.17, 15) is 10.1 Å². The summed E-state index contributed by atoms with van der Waals surface area (Å²) in [4.78, 5) is 22.2. The van der Waals surface area contributed by atoms with E-state index in [-0.39, 0.29) is 11.4 Å². The van der Waals surface area contributed by atoms with Crippen LogP contribution < -0.4 is 11.1 Å². The van der Waals surface area contributed by atoms with E-state index in [2.05, 4.69) is 26.5 Å². The summed E-state index contributed by atoms with van der Waals surface area (Å²) in [5, 5.41) is 18.7. The first-order valence-electron chi connectivity index (χ1n) is 9.70. The first kappa shape index (κ1) is 21.5. The Kier molecular flexibility index (Phi) is 6.79. The number of nitrogens with zero attached hydrogens (tertiary/aromatic N) is 4. The van der Waals surface area contributed by atoms with Gasteiger partial charge < -0.3 is 15.6 Å². The Bertz CT molecular complexity index is 1250. The van der Waals surface area contributed by atoms with Crippen molar-refractivity contribution in [1.29, 1.82) is 5.26 Å². The molecule has 10 heteroatoms. The van der Waals surface area contributed by atoms with Crippen molar-refractivity contribution in [3.8, 4) is 16.8 Å². The van der Waals surface area contributed by atoms with Crippen molar-refractivity contribution >= 4 is 40.5 Å². The molecule has 0 spiro atoms. The van der Waals surface area contributed by atoms with Gasteiger partial charge in [-0.25, -0.2) is 4.98 Å². The standard InChI is InChI=1S/C22H18N6O2S2/c23-13-14-12-16(21(29)25-15-6-2-1-3-7-15)19(24)27-22(14)32-11-5-9-18-26-20(28-30-18)17-8-4-10-31-17/h1-4,6-8,10,12H,5,9,11H2,(H2,24,27)(H,25,29). The number of nitriles is 1. The SMILES string of the molecule is N#Cc1cc(C(=O)Nc2ccccc2)c(N)nc1SCCCc1nc(-c2cccs2)no1. The lowest BCUT2D eigenvalue weighted by atomic mass is 10.2. The monoisotopic (exact) mass is 462 g/mol. The summed E-state index contributed by atoms with van der Waals surface area (Å²) < 4.78 is 5.30. The summed E-state index contributed by atoms with van der Waals surface area (Å²) in [5.41, 5.74) is 7.13. The number of hydrogen-bond donors (Lipinski definition) is 2. The molecule has 0 aliphatic carbocycles. The van der Waals surface area contributed by atoms with E-state index in [1.807, 2.05) is 35.7 Å². The molecule has 32 heavy (non-hydrogen) atoms. The minimum absolute atomic E-state index is 0.0809. The van der Waals surface area contributed by atoms with Gasteiger partial charge in [0.15, 0.2) is 0 Å². The van der Waals surface area contributed by atoms with E-state index in [0.717, 1.165) is 11.3 Å². The molecule has 160 valence electrons. The molecular formula is C22H18N6O2S2. The summed E-state index contributed by atoms with van der Waals surface area (Å²) in [6.45, 7) is 0. The molecular weight excluding hydrogens is 444 g/mol. The fourth-order valence-electron chi connectivity index (χ4n) is 2.86. The molecule has 0 saturated heterocycles. The van der Waals surface area contributed by atoms with Crippen LogP contribution in [0.15, 0.2) is 63.5 Å². The third kappa shape index (κ3) is 5.14. The lowest BCUT2D eigenvalue weighted by Crippen LogP contribution is -2.15. The highest BCUT2D eigenvalue weighted by Gasteiger charge is 2.17. The molecule has 1 amide bonds. The second kappa shape index (κ2) is 10.1. The second-order valence-electron chi connectivity index (χ2n) is 6.65. The number of nitrogen functional groups attached to an aromatic ring is 1. The van der Waals surface area contributed by atoms with Crippen LogP contribution in [-0.2, 0) is 6.42 Å². The van der Waals surface area contributed by atoms with Crippen LogP contribution >= 0.6 is 23.1 Å². The quantitative estimate of drug-likeness (QED) is 0.286. The average Bonchev–Trinajstić information content (AvgIpc) is 3.49. The van der Waals surface area contributed by atoms with Crippen LogP contribution in [-0.4, -0.2) is 26.8 Å². The highest BCUT2D eigenvalue weighted by molar-refractivity contribution is 7.99. The van der Waals surface area contributed by atoms with Crippen molar-refractivity contribution in [3.05, 3.63) is 70.9 Å². The maximum absolute atomic E-state index is 12.5. The summed E-state index contributed by atoms with van der Waals surface area (Å²) in [7, 11) is 0. The number of aryl methyl sites for hydroxylation is 1. The molecule has 4 rings (SSSR count). The summed E-state index contributed by atoms with van der Waals surface area (Å²) in [5.74, 6) is 1.50. The van der Waals surface area contributed by atoms with Crippen LogP contribution in [0.4, 0.5) is 11.5 Å². The third-order valence-corrected chi connectivity index (χ3v) is 6.34. The highest BCUT2D eigenvalue weighted by Crippen LogP contribution is 2.26. The predicted octanol–water partition coefficient (Wildman–Crippen LogP) is 4.62. The number of nitrogens with one attached hydrogen (secondary N) is 1. The van der Waals surface area contributed by atoms with Crippen molar-refractivity contribution in [2.45, 2.75) is 17.9 Å². The van der Waals surface area contributed by atoms with Gasteiger partial charge in [-0.05, 0) is 36.1 Å². The van der Waals surface area contributed by atoms with Crippen LogP contribution in [0.1, 0.15) is 28.2 Å². The van der Waals surface area contributed by atoms with Crippen molar-refractivity contribution < 1.29 is 9.32 Å². The topological polar surface area (TPSA) is 131 Å². The van der Waals surface area contributed by atoms with Crippen LogP contribution in [0, 0.1) is 11.3 Å². The van der Waals surface area contributed by atoms with E-state index >= 15 is 0 Å². The number of amides is 1. The molecule has 4 aromatic rings. The summed E-state index contributed by atoms with van der Waals surface area (Å²) in [6.07, 6.45) is 1.36. The van der Waals surface area contributed by atoms with E-state index < -0.39 is 5.91 Å². The Morgan fingerprint density at radius 3 is 2.81 bits per heavy atom. The van der Waals surface area contributed by atoms with E-state index in [4.69, 9.17) is 10.3 Å². The Labute approximate surface area is 192 Å². The molecule has 3 aromatic heterocycles. The molecule has 0 atom stereocenters. The van der Waals surface area contributed by atoms with Gasteiger partial charge in [0.05, 0.1) is 16.0 Å². The van der Waals surface area contributed by atoms with Gasteiger partial charge in [-0.2, -0.15) is 10.2 Å². The second-order valence-corrected chi connectivity index (χ2v) is 8.68. The minimum Gasteiger partial charge on any atom is -0.383 e. The molecule has 0 saturated carbocycles. The number of thiophene rings is 1. The molecule has 0 aliphatic heterocycles. The normalized spacial score (nSPS) is 10.6. The number of nitrogens with two attached hydrogens (primary N) is 1. The van der Waals surface area contributed by atoms with Crippen molar-refractivity contribution in [3.63, 3.8) is 0 Å². The van der Waals surface area contributed by atoms with E-state index in [0.29, 0.717) is 40.2 Å². The van der Waals surface area contributed by atoms with Crippen molar-refractivity contribution in [2.24, 2.45) is 0 Å². The van der Waals surface area contributed by atoms with E-state index in [1.54, 1.807) is 23.5 Å². The maximum atomic E-state index is 12.5. The highest BCUT2D eigenvalue weighted by atomic mass is 32.2. The molecule has 3 heterocycles. The first-order chi connectivity index (χ1) is 15.6. The molecule has 0 radical (unpaired) electrons. The van der Waals surface area contributed by atoms with Crippen molar-refractivity contribution in [2.75, 3.05) is 16.8 Å². The zero-order chi connectivity index (χ0) is 22.3. The van der Waals surface area contributed by atoms with Crippen LogP contribution in [0.3, 0.4) is 0 Å². The number of benzene rings is 1. The van der Waals surface area contributed by atoms with Gasteiger partial charge in [0.2, 0.25) is 11.7 Å². The Balaban J connectivity index is 1.36. The van der Waals surface area contributed by atoms with Gasteiger partial charge in [-0.3, -0.25) is 4.79 Å². The van der Waals surface area contributed by atoms with Gasteiger partial charge in [0.25, 0.3) is 5.91 Å². The molecule has 3 N–H and O–H groups in total. The van der Waals surface area contributed by atoms with Crippen molar-refractivity contribution in [1.82, 2.24) is 15.1 Å². The first-order valence-corrected chi connectivity index (χ1v) is 11.6. The van der Waals surface area contributed by atoms with Gasteiger partial charge in [0, 0.05) is 17.9 Å². The zero-order valence-corrected chi connectivity index (χ0v) is 18.4. The van der Waals surface area contributed by atoms with Gasteiger partial charge in [-0.15, -0.1) is 23.1 Å². The summed E-state index contributed by atoms with van der Waals surface area (Å²) in [6, 6.07) is 16.5. The van der Waals surface area contributed by atoms with Crippen LogP contribution in [0.5, 0.6) is 0 Å². The average molecular weight is 463 g/mol. The predicted molar refractivity (Wildman–Crippen MR) is 124 cm³/mol. The summed E-state index contributed by atoms with van der Waals surface area (Å²) >= 11 is 2.96. The lowest BCUT2D eigenvalue weighted by Gasteiger charge is -2.10. The lowest BCUT2D eigenvalue weighted by molar-refractivity contribution is 0.102. The number of anilines is 2. The molecule has 0 fully saturated rings. The number of hydrogen-bond acceptors (Lipinski definition) is 9. The fourth-order valence-corrected chi connectivity index (χ4v) is 4.41. The fraction of sp³-hybridized carbons (Fsp3) is 0.136. The van der Waals surface area contributed by atoms with Gasteiger partial charge in [0.1, 0.15) is 16.9 Å². The third-order valence-electron chi connectivity index (χ3n) is 4.40. The number of rotatable bonds is 8. The molecule has 0 bridgehead atoms. The molecule has 0 aliphatic rings. The van der Waals surface area contributed by atoms with Crippen LogP contribution in [0.2, 0.25) is 0 Å². The number of carbonyl (C=O) groups is 1. The number of para-hydroxylation sites is 1. The maximum Gasteiger partial charge on any atom is 0.259 e. The number of thioether (sulfide) groups is 1. The van der Waals surface area contributed by atoms with Gasteiger partial charge in [-0.1, -0.05) is 29.4 Å². The minimum atomic E-state index is -0.410. The molecule has 1 aromatic carbocycles. The van der Waals surface area contributed by atoms with Crippen LogP contribution in [0.25, 0.3) is 10.7 Å². The Hall–Kier alpha value is -3.68. The van der Waals surface area contributed by atoms with E-state index in [1.165, 1.54) is 17.8 Å². The van der Waals surface area contributed by atoms with Gasteiger partial charge >= 0.3 is 0 Å². The molecule has 0 unspecified atom stereocenters.